The van der Waals surface area contributed by atoms with E-state index in [1.54, 1.807) is 0 Å². The van der Waals surface area contributed by atoms with Gasteiger partial charge in [-0.25, -0.2) is 0 Å². The Labute approximate surface area is 167 Å². The van der Waals surface area contributed by atoms with Gasteiger partial charge < -0.3 is 19.7 Å². The van der Waals surface area contributed by atoms with Crippen LogP contribution < -0.4 is 14.8 Å². The monoisotopic (exact) mass is 388 g/mol. The first-order chi connectivity index (χ1) is 13.5. The van der Waals surface area contributed by atoms with E-state index in [1.807, 2.05) is 30.9 Å². The molecule has 0 spiro atoms. The zero-order valence-corrected chi connectivity index (χ0v) is 17.3. The minimum Gasteiger partial charge on any atom is -0.494 e. The number of hydrogen-bond donors (Lipinski definition) is 1. The summed E-state index contributed by atoms with van der Waals surface area (Å²) < 4.78 is 11.6. The number of benzene rings is 1. The van der Waals surface area contributed by atoms with E-state index in [2.05, 4.69) is 12.2 Å². The number of fused-ring (bicyclic) bond motifs is 1. The smallest absolute Gasteiger partial charge is 0.223 e. The second kappa shape index (κ2) is 9.30. The lowest BCUT2D eigenvalue weighted by Crippen LogP contribution is -2.42. The number of carbonyl (C=O) groups excluding carboxylic acids is 2. The van der Waals surface area contributed by atoms with Crippen LogP contribution in [0.3, 0.4) is 0 Å². The minimum atomic E-state index is -0.0353. The Kier molecular flexibility index (Phi) is 6.81. The van der Waals surface area contributed by atoms with Gasteiger partial charge in [0.05, 0.1) is 6.61 Å². The van der Waals surface area contributed by atoms with Gasteiger partial charge in [-0.15, -0.1) is 0 Å². The summed E-state index contributed by atoms with van der Waals surface area (Å²) in [6.07, 6.45) is 3.97. The highest BCUT2D eigenvalue weighted by atomic mass is 16.5. The summed E-state index contributed by atoms with van der Waals surface area (Å²) in [5.74, 6) is 1.93. The molecule has 3 rings (SSSR count). The molecule has 1 aromatic rings. The van der Waals surface area contributed by atoms with Gasteiger partial charge in [0.1, 0.15) is 17.6 Å². The molecule has 1 fully saturated rings. The van der Waals surface area contributed by atoms with Crippen LogP contribution in [0.1, 0.15) is 57.6 Å². The molecule has 0 bridgehead atoms. The van der Waals surface area contributed by atoms with E-state index in [0.29, 0.717) is 32.7 Å². The van der Waals surface area contributed by atoms with Crippen LogP contribution in [0, 0.1) is 5.92 Å². The van der Waals surface area contributed by atoms with Crippen molar-refractivity contribution in [2.75, 3.05) is 19.7 Å². The summed E-state index contributed by atoms with van der Waals surface area (Å²) in [7, 11) is 0. The number of nitrogens with zero attached hydrogens (tertiary/aromatic N) is 1. The zero-order valence-electron chi connectivity index (χ0n) is 17.3. The van der Waals surface area contributed by atoms with E-state index in [-0.39, 0.29) is 23.8 Å². The Bertz CT molecular complexity index is 711. The predicted molar refractivity (Wildman–Crippen MR) is 107 cm³/mol. The number of carbonyl (C=O) groups is 2. The first-order valence-electron chi connectivity index (χ1n) is 10.5. The molecule has 2 aliphatic rings. The predicted octanol–water partition coefficient (Wildman–Crippen LogP) is 3.06. The lowest BCUT2D eigenvalue weighted by Gasteiger charge is -2.31. The van der Waals surface area contributed by atoms with Gasteiger partial charge in [0.15, 0.2) is 0 Å². The van der Waals surface area contributed by atoms with Gasteiger partial charge in [-0.05, 0) is 45.2 Å². The summed E-state index contributed by atoms with van der Waals surface area (Å²) in [6.45, 7) is 8.38. The van der Waals surface area contributed by atoms with Crippen LogP contribution in [-0.4, -0.2) is 42.5 Å². The number of hydrogen-bond acceptors (Lipinski definition) is 4. The van der Waals surface area contributed by atoms with Gasteiger partial charge in [0, 0.05) is 49.5 Å². The third kappa shape index (κ3) is 4.78. The third-order valence-electron chi connectivity index (χ3n) is 5.51. The number of nitrogens with one attached hydrogen (secondary N) is 1. The molecule has 154 valence electrons. The molecular formula is C22H32N2O4. The molecule has 0 aromatic heterocycles. The molecule has 6 heteroatoms. The van der Waals surface area contributed by atoms with E-state index in [0.717, 1.165) is 48.3 Å². The highest BCUT2D eigenvalue weighted by Crippen LogP contribution is 2.35. The van der Waals surface area contributed by atoms with E-state index < -0.39 is 0 Å². The van der Waals surface area contributed by atoms with Gasteiger partial charge in [0.25, 0.3) is 0 Å². The molecule has 1 N–H and O–H groups in total. The molecule has 1 saturated heterocycles. The highest BCUT2D eigenvalue weighted by molar-refractivity contribution is 5.80. The summed E-state index contributed by atoms with van der Waals surface area (Å²) in [4.78, 5) is 26.5. The standard InChI is InChI=1S/C22H32N2O4/c1-4-6-21(25)24-9-7-16(8-10-24)22(26)23-14-18-13-20-17(11-15(3)28-20)12-19(18)27-5-2/h12-13,15-16H,4-11,14H2,1-3H3,(H,23,26). The third-order valence-corrected chi connectivity index (χ3v) is 5.51. The fraction of sp³-hybridized carbons (Fsp3) is 0.636. The van der Waals surface area contributed by atoms with Crippen LogP contribution in [0.5, 0.6) is 11.5 Å². The van der Waals surface area contributed by atoms with Gasteiger partial charge in [-0.2, -0.15) is 0 Å². The number of ether oxygens (including phenoxy) is 2. The number of rotatable bonds is 7. The average molecular weight is 389 g/mol. The molecule has 28 heavy (non-hydrogen) atoms. The highest BCUT2D eigenvalue weighted by Gasteiger charge is 2.27. The Hall–Kier alpha value is -2.24. The largest absolute Gasteiger partial charge is 0.494 e. The van der Waals surface area contributed by atoms with Crippen LogP contribution in [0.15, 0.2) is 12.1 Å². The SMILES string of the molecule is CCCC(=O)N1CCC(C(=O)NCc2cc3c(cc2OCC)CC(C)O3)CC1. The summed E-state index contributed by atoms with van der Waals surface area (Å²) >= 11 is 0. The first kappa shape index (κ1) is 20.5. The van der Waals surface area contributed by atoms with Crippen molar-refractivity contribution in [3.8, 4) is 11.5 Å². The molecule has 0 aliphatic carbocycles. The Morgan fingerprint density at radius 1 is 1.25 bits per heavy atom. The van der Waals surface area contributed by atoms with E-state index in [9.17, 15) is 9.59 Å². The lowest BCUT2D eigenvalue weighted by atomic mass is 9.95. The molecule has 1 aromatic carbocycles. The lowest BCUT2D eigenvalue weighted by molar-refractivity contribution is -0.135. The normalized spacial score (nSPS) is 19.1. The molecular weight excluding hydrogens is 356 g/mol. The van der Waals surface area contributed by atoms with Crippen molar-refractivity contribution in [2.24, 2.45) is 5.92 Å². The summed E-state index contributed by atoms with van der Waals surface area (Å²) in [6, 6.07) is 4.04. The Balaban J connectivity index is 1.56. The van der Waals surface area contributed by atoms with E-state index >= 15 is 0 Å². The zero-order chi connectivity index (χ0) is 20.1. The maximum absolute atomic E-state index is 12.6. The van der Waals surface area contributed by atoms with Crippen LogP contribution in [0.4, 0.5) is 0 Å². The second-order valence-corrected chi connectivity index (χ2v) is 7.76. The number of amides is 2. The van der Waals surface area contributed by atoms with Crippen molar-refractivity contribution < 1.29 is 19.1 Å². The van der Waals surface area contributed by atoms with Gasteiger partial charge in [-0.1, -0.05) is 6.92 Å². The Morgan fingerprint density at radius 2 is 2.00 bits per heavy atom. The van der Waals surface area contributed by atoms with Crippen LogP contribution >= 0.6 is 0 Å². The van der Waals surface area contributed by atoms with Crippen molar-refractivity contribution in [2.45, 2.75) is 65.5 Å². The number of likely N-dealkylation sites (tertiary alicyclic amines) is 1. The summed E-state index contributed by atoms with van der Waals surface area (Å²) in [5.41, 5.74) is 2.11. The van der Waals surface area contributed by atoms with E-state index in [1.165, 1.54) is 0 Å². The van der Waals surface area contributed by atoms with Gasteiger partial charge in [0.2, 0.25) is 11.8 Å². The van der Waals surface area contributed by atoms with Crippen LogP contribution in [0.25, 0.3) is 0 Å². The average Bonchev–Trinajstić information content (AvgIpc) is 3.05. The fourth-order valence-electron chi connectivity index (χ4n) is 4.00. The van der Waals surface area contributed by atoms with Crippen LogP contribution in [-0.2, 0) is 22.6 Å². The van der Waals surface area contributed by atoms with Crippen molar-refractivity contribution in [3.05, 3.63) is 23.3 Å². The summed E-state index contributed by atoms with van der Waals surface area (Å²) in [5, 5.41) is 3.06. The molecule has 1 unspecified atom stereocenters. The van der Waals surface area contributed by atoms with E-state index in [4.69, 9.17) is 9.47 Å². The quantitative estimate of drug-likeness (QED) is 0.780. The fourth-order valence-corrected chi connectivity index (χ4v) is 4.00. The maximum atomic E-state index is 12.6. The number of piperidine rings is 1. The van der Waals surface area contributed by atoms with Crippen molar-refractivity contribution in [3.63, 3.8) is 0 Å². The molecule has 1 atom stereocenters. The topological polar surface area (TPSA) is 67.9 Å². The van der Waals surface area contributed by atoms with Crippen LogP contribution in [0.2, 0.25) is 0 Å². The molecule has 2 aliphatic heterocycles. The molecule has 6 nitrogen and oxygen atoms in total. The minimum absolute atomic E-state index is 0.0353. The van der Waals surface area contributed by atoms with Crippen molar-refractivity contribution in [1.82, 2.24) is 10.2 Å². The van der Waals surface area contributed by atoms with Crippen molar-refractivity contribution in [1.29, 1.82) is 0 Å². The van der Waals surface area contributed by atoms with Gasteiger partial charge in [-0.3, -0.25) is 9.59 Å². The first-order valence-corrected chi connectivity index (χ1v) is 10.5. The Morgan fingerprint density at radius 3 is 2.68 bits per heavy atom. The van der Waals surface area contributed by atoms with Gasteiger partial charge >= 0.3 is 0 Å². The molecule has 0 saturated carbocycles. The van der Waals surface area contributed by atoms with Crippen molar-refractivity contribution >= 4 is 11.8 Å². The maximum Gasteiger partial charge on any atom is 0.223 e. The molecule has 2 heterocycles. The molecule has 2 amide bonds. The second-order valence-electron chi connectivity index (χ2n) is 7.76. The molecule has 0 radical (unpaired) electrons.